The van der Waals surface area contributed by atoms with E-state index >= 15 is 0 Å². The predicted molar refractivity (Wildman–Crippen MR) is 82.9 cm³/mol. The van der Waals surface area contributed by atoms with Crippen molar-refractivity contribution in [3.8, 4) is 0 Å². The predicted octanol–water partition coefficient (Wildman–Crippen LogP) is 3.66. The molecule has 0 aromatic heterocycles. The molecule has 0 bridgehead atoms. The fourth-order valence-corrected chi connectivity index (χ4v) is 4.38. The van der Waals surface area contributed by atoms with Gasteiger partial charge in [0.15, 0.2) is 5.54 Å². The van der Waals surface area contributed by atoms with E-state index in [4.69, 9.17) is 0 Å². The van der Waals surface area contributed by atoms with E-state index in [9.17, 15) is 0 Å². The van der Waals surface area contributed by atoms with Gasteiger partial charge in [0, 0.05) is 31.8 Å². The summed E-state index contributed by atoms with van der Waals surface area (Å²) in [5, 5.41) is 4.27. The Morgan fingerprint density at radius 2 is 1.58 bits per heavy atom. The maximum absolute atomic E-state index is 4.27. The summed E-state index contributed by atoms with van der Waals surface area (Å²) in [5.41, 5.74) is 0.684. The zero-order chi connectivity index (χ0) is 13.6. The molecule has 110 valence electrons. The third-order valence-electron chi connectivity index (χ3n) is 5.61. The zero-order valence-corrected chi connectivity index (χ0v) is 13.2. The van der Waals surface area contributed by atoms with Crippen molar-refractivity contribution in [3.63, 3.8) is 0 Å². The molecule has 1 atom stereocenters. The van der Waals surface area contributed by atoms with E-state index in [0.717, 1.165) is 19.0 Å². The number of fused-ring (bicyclic) bond motifs is 1. The first-order chi connectivity index (χ1) is 9.33. The number of hydrogen-bond acceptors (Lipinski definition) is 1. The molecule has 2 radical (unpaired) electrons. The fraction of sp³-hybridized carbons (Fsp3) is 1.00. The minimum Gasteiger partial charge on any atom is -0.242 e. The number of hydrogen-bond donors (Lipinski definition) is 0. The van der Waals surface area contributed by atoms with Crippen molar-refractivity contribution in [1.29, 1.82) is 0 Å². The Hall–Kier alpha value is -0.0800. The van der Waals surface area contributed by atoms with Gasteiger partial charge in [-0.1, -0.05) is 26.7 Å². The summed E-state index contributed by atoms with van der Waals surface area (Å²) in [5.74, 6) is 0.980. The Morgan fingerprint density at radius 1 is 0.895 bits per heavy atom. The molecule has 0 aromatic rings. The van der Waals surface area contributed by atoms with Gasteiger partial charge in [0.25, 0.3) is 0 Å². The van der Waals surface area contributed by atoms with Crippen molar-refractivity contribution in [1.82, 2.24) is 10.2 Å². The van der Waals surface area contributed by atoms with E-state index in [1.807, 2.05) is 0 Å². The lowest BCUT2D eigenvalue weighted by atomic mass is 9.71. The molecule has 2 nitrogen and oxygen atoms in total. The van der Waals surface area contributed by atoms with E-state index < -0.39 is 0 Å². The van der Waals surface area contributed by atoms with Gasteiger partial charge in [0.2, 0.25) is 0 Å². The van der Waals surface area contributed by atoms with Crippen molar-refractivity contribution in [3.05, 3.63) is 0 Å². The first-order valence-electron chi connectivity index (χ1n) is 8.72. The quantitative estimate of drug-likeness (QED) is 0.694. The van der Waals surface area contributed by atoms with Gasteiger partial charge in [-0.25, -0.2) is 5.32 Å². The van der Waals surface area contributed by atoms with Crippen LogP contribution in [0.5, 0.6) is 0 Å². The van der Waals surface area contributed by atoms with Crippen LogP contribution in [-0.2, 0) is 0 Å². The maximum Gasteiger partial charge on any atom is 0.151 e. The molecule has 0 aliphatic carbocycles. The third kappa shape index (κ3) is 3.52. The van der Waals surface area contributed by atoms with Gasteiger partial charge in [0.05, 0.1) is 6.42 Å². The maximum atomic E-state index is 4.27. The van der Waals surface area contributed by atoms with Crippen molar-refractivity contribution in [2.24, 2.45) is 5.92 Å². The largest absolute Gasteiger partial charge is 0.242 e. The summed E-state index contributed by atoms with van der Waals surface area (Å²) in [6.45, 7) is 9.74. The van der Waals surface area contributed by atoms with Crippen LogP contribution >= 0.6 is 0 Å². The molecule has 1 unspecified atom stereocenters. The third-order valence-corrected chi connectivity index (χ3v) is 5.61. The van der Waals surface area contributed by atoms with Gasteiger partial charge in [-0.2, -0.15) is 4.90 Å². The van der Waals surface area contributed by atoms with Crippen LogP contribution in [0.25, 0.3) is 0 Å². The van der Waals surface area contributed by atoms with Gasteiger partial charge < -0.3 is 0 Å². The molecular formula is C17H33N2+. The second-order valence-electron chi connectivity index (χ2n) is 6.54. The molecule has 3 fully saturated rings. The van der Waals surface area contributed by atoms with E-state index in [1.54, 1.807) is 0 Å². The smallest absolute Gasteiger partial charge is 0.151 e. The van der Waals surface area contributed by atoms with Gasteiger partial charge in [-0.15, -0.1) is 0 Å². The van der Waals surface area contributed by atoms with Gasteiger partial charge in [0.1, 0.15) is 13.1 Å². The summed E-state index contributed by atoms with van der Waals surface area (Å²) >= 11 is 0. The highest BCUT2D eigenvalue weighted by Crippen LogP contribution is 2.46. The second kappa shape index (κ2) is 7.64. The summed E-state index contributed by atoms with van der Waals surface area (Å²) in [6.07, 6.45) is 12.7. The molecule has 3 aliphatic heterocycles. The summed E-state index contributed by atoms with van der Waals surface area (Å²) in [6, 6.07) is 0. The molecule has 0 saturated carbocycles. The lowest BCUT2D eigenvalue weighted by Crippen LogP contribution is -2.63. The molecule has 19 heavy (non-hydrogen) atoms. The van der Waals surface area contributed by atoms with Crippen LogP contribution in [0, 0.1) is 5.92 Å². The molecule has 0 spiro atoms. The number of rotatable bonds is 3. The average molecular weight is 265 g/mol. The summed E-state index contributed by atoms with van der Waals surface area (Å²) in [4.78, 5) is 2.74. The van der Waals surface area contributed by atoms with E-state index in [1.165, 1.54) is 70.9 Å². The van der Waals surface area contributed by atoms with Gasteiger partial charge in [-0.3, -0.25) is 0 Å². The Bertz CT molecular complexity index is 230. The monoisotopic (exact) mass is 265 g/mol. The van der Waals surface area contributed by atoms with Crippen LogP contribution in [-0.4, -0.2) is 31.7 Å². The molecule has 3 rings (SSSR count). The van der Waals surface area contributed by atoms with E-state index in [-0.39, 0.29) is 0 Å². The van der Waals surface area contributed by atoms with Crippen LogP contribution in [0.1, 0.15) is 71.6 Å². The van der Waals surface area contributed by atoms with Crippen LogP contribution in [0.15, 0.2) is 0 Å². The fourth-order valence-electron chi connectivity index (χ4n) is 4.38. The topological polar surface area (TPSA) is 20.0 Å². The van der Waals surface area contributed by atoms with Crippen LogP contribution in [0.4, 0.5) is 0 Å². The normalized spacial score (nSPS) is 31.1. The van der Waals surface area contributed by atoms with Crippen LogP contribution < -0.4 is 10.2 Å². The van der Waals surface area contributed by atoms with Crippen molar-refractivity contribution in [2.75, 3.05) is 26.2 Å². The van der Waals surface area contributed by atoms with Crippen molar-refractivity contribution in [2.45, 2.75) is 77.2 Å². The highest BCUT2D eigenvalue weighted by molar-refractivity contribution is 5.10. The molecular weight excluding hydrogens is 232 g/mol. The zero-order valence-electron chi connectivity index (χ0n) is 13.2. The van der Waals surface area contributed by atoms with Crippen LogP contribution in [0.3, 0.4) is 0 Å². The Morgan fingerprint density at radius 3 is 2.05 bits per heavy atom. The van der Waals surface area contributed by atoms with Gasteiger partial charge in [-0.05, 0) is 25.7 Å². The molecule has 3 aliphatic rings. The highest BCUT2D eigenvalue weighted by atomic mass is 15.3. The molecule has 0 N–H and O–H groups in total. The summed E-state index contributed by atoms with van der Waals surface area (Å²) < 4.78 is 0. The van der Waals surface area contributed by atoms with Crippen molar-refractivity contribution < 1.29 is 0 Å². The summed E-state index contributed by atoms with van der Waals surface area (Å²) in [7, 11) is 0. The SMILES string of the molecule is C1CCC[N]CC1.CCC(CC)C12CCC[N+]1CC2. The first-order valence-corrected chi connectivity index (χ1v) is 8.72. The molecule has 2 heteroatoms. The minimum atomic E-state index is 0.684. The number of nitrogens with zero attached hydrogens (tertiary/aromatic N) is 2. The molecule has 3 saturated heterocycles. The Balaban J connectivity index is 0.000000163. The second-order valence-corrected chi connectivity index (χ2v) is 6.54. The highest BCUT2D eigenvalue weighted by Gasteiger charge is 2.60. The lowest BCUT2D eigenvalue weighted by molar-refractivity contribution is 0.0498. The van der Waals surface area contributed by atoms with E-state index in [0.29, 0.717) is 5.54 Å². The molecule has 0 amide bonds. The van der Waals surface area contributed by atoms with Crippen molar-refractivity contribution >= 4 is 0 Å². The average Bonchev–Trinajstić information content (AvgIpc) is 2.68. The molecule has 0 aromatic carbocycles. The Kier molecular flexibility index (Phi) is 6.15. The molecule has 3 heterocycles. The lowest BCUT2D eigenvalue weighted by Gasteiger charge is -2.43. The minimum absolute atomic E-state index is 0.684. The van der Waals surface area contributed by atoms with Gasteiger partial charge >= 0.3 is 0 Å². The van der Waals surface area contributed by atoms with Crippen LogP contribution in [0.2, 0.25) is 0 Å². The standard InChI is InChI=1S/C11H21N.C6H12N/c1-3-10(4-2)11-6-5-8-12(11)9-7-11;1-2-4-6-7-5-3-1/h10H,3-9H2,1-2H3;1-6H2/q+1;. The Labute approximate surface area is 120 Å². The first kappa shape index (κ1) is 15.3. The van der Waals surface area contributed by atoms with E-state index in [2.05, 4.69) is 24.1 Å².